The number of benzene rings is 1. The van der Waals surface area contributed by atoms with Gasteiger partial charge in [0.05, 0.1) is 19.6 Å². The zero-order chi connectivity index (χ0) is 16.8. The summed E-state index contributed by atoms with van der Waals surface area (Å²) in [5, 5.41) is 0. The summed E-state index contributed by atoms with van der Waals surface area (Å²) < 4.78 is 18.8. The molecule has 2 aliphatic heterocycles. The Morgan fingerprint density at radius 1 is 1.17 bits per heavy atom. The Morgan fingerprint density at radius 2 is 2.00 bits per heavy atom. The lowest BCUT2D eigenvalue weighted by atomic mass is 10.1. The predicted molar refractivity (Wildman–Crippen MR) is 91.3 cm³/mol. The summed E-state index contributed by atoms with van der Waals surface area (Å²) in [6, 6.07) is 6.65. The Balaban J connectivity index is 1.65. The number of hydrogen-bond acceptors (Lipinski definition) is 3. The van der Waals surface area contributed by atoms with Crippen molar-refractivity contribution in [1.29, 1.82) is 0 Å². The highest BCUT2D eigenvalue weighted by atomic mass is 19.1. The zero-order valence-electron chi connectivity index (χ0n) is 14.3. The van der Waals surface area contributed by atoms with Crippen LogP contribution in [0.2, 0.25) is 0 Å². The maximum atomic E-state index is 13.4. The number of likely N-dealkylation sites (tertiary alicyclic amines) is 1. The smallest absolute Gasteiger partial charge is 0.227 e. The van der Waals surface area contributed by atoms with Crippen molar-refractivity contribution in [2.75, 3.05) is 39.4 Å². The molecule has 0 aliphatic carbocycles. The number of carbonyl (C=O) groups excluding carboxylic acids is 1. The lowest BCUT2D eigenvalue weighted by Crippen LogP contribution is -2.49. The zero-order valence-corrected chi connectivity index (χ0v) is 14.3. The molecule has 0 radical (unpaired) electrons. The molecule has 2 aliphatic rings. The molecule has 1 unspecified atom stereocenters. The molecule has 1 amide bonds. The Bertz CT molecular complexity index is 546. The molecule has 4 nitrogen and oxygen atoms in total. The lowest BCUT2D eigenvalue weighted by molar-refractivity contribution is -0.133. The van der Waals surface area contributed by atoms with Gasteiger partial charge in [0.2, 0.25) is 5.91 Å². The van der Waals surface area contributed by atoms with E-state index < -0.39 is 0 Å². The number of morpholine rings is 1. The summed E-state index contributed by atoms with van der Waals surface area (Å²) in [6.07, 6.45) is 4.78. The first kappa shape index (κ1) is 17.4. The van der Waals surface area contributed by atoms with Crippen molar-refractivity contribution in [3.05, 3.63) is 35.6 Å². The van der Waals surface area contributed by atoms with Crippen molar-refractivity contribution in [2.24, 2.45) is 0 Å². The molecule has 3 rings (SSSR count). The fraction of sp³-hybridized carbons (Fsp3) is 0.632. The molecule has 0 aromatic heterocycles. The van der Waals surface area contributed by atoms with Crippen LogP contribution in [0.4, 0.5) is 4.39 Å². The molecule has 1 atom stereocenters. The molecule has 5 heteroatoms. The van der Waals surface area contributed by atoms with Crippen molar-refractivity contribution >= 4 is 5.91 Å². The van der Waals surface area contributed by atoms with E-state index in [0.29, 0.717) is 0 Å². The summed E-state index contributed by atoms with van der Waals surface area (Å²) in [5.74, 6) is -0.151. The van der Waals surface area contributed by atoms with Crippen molar-refractivity contribution in [1.82, 2.24) is 9.80 Å². The topological polar surface area (TPSA) is 32.8 Å². The molecule has 2 fully saturated rings. The van der Waals surface area contributed by atoms with Crippen LogP contribution in [0.15, 0.2) is 24.3 Å². The standard InChI is InChI=1S/C19H27FN2O2/c20-17-6-4-5-16(13-17)14-19(23)22-8-3-1-2-7-18(22)15-21-9-11-24-12-10-21/h4-6,13,18H,1-3,7-12,14-15H2. The number of nitrogens with zero attached hydrogens (tertiary/aromatic N) is 2. The maximum Gasteiger partial charge on any atom is 0.227 e. The minimum atomic E-state index is -0.277. The fourth-order valence-corrected chi connectivity index (χ4v) is 3.70. The monoisotopic (exact) mass is 334 g/mol. The number of hydrogen-bond donors (Lipinski definition) is 0. The molecule has 0 bridgehead atoms. The molecule has 0 N–H and O–H groups in total. The van der Waals surface area contributed by atoms with Crippen LogP contribution in [0.3, 0.4) is 0 Å². The molecule has 2 heterocycles. The quantitative estimate of drug-likeness (QED) is 0.848. The summed E-state index contributed by atoms with van der Waals surface area (Å²) >= 11 is 0. The van der Waals surface area contributed by atoms with Gasteiger partial charge in [-0.05, 0) is 30.5 Å². The summed E-state index contributed by atoms with van der Waals surface area (Å²) in [6.45, 7) is 5.21. The molecule has 0 saturated carbocycles. The van der Waals surface area contributed by atoms with Crippen LogP contribution in [0.1, 0.15) is 31.2 Å². The number of ether oxygens (including phenoxy) is 1. The number of carbonyl (C=O) groups is 1. The molecule has 2 saturated heterocycles. The Labute approximate surface area is 143 Å². The van der Waals surface area contributed by atoms with E-state index in [9.17, 15) is 9.18 Å². The molecule has 24 heavy (non-hydrogen) atoms. The molecule has 132 valence electrons. The van der Waals surface area contributed by atoms with Gasteiger partial charge in [0.25, 0.3) is 0 Å². The van der Waals surface area contributed by atoms with Crippen molar-refractivity contribution in [2.45, 2.75) is 38.1 Å². The predicted octanol–water partition coefficient (Wildman–Crippen LogP) is 2.47. The van der Waals surface area contributed by atoms with Crippen LogP contribution in [0.5, 0.6) is 0 Å². The highest BCUT2D eigenvalue weighted by molar-refractivity contribution is 5.79. The number of amides is 1. The second-order valence-electron chi connectivity index (χ2n) is 6.81. The van der Waals surface area contributed by atoms with Crippen LogP contribution < -0.4 is 0 Å². The van der Waals surface area contributed by atoms with E-state index in [0.717, 1.165) is 57.8 Å². The average molecular weight is 334 g/mol. The minimum Gasteiger partial charge on any atom is -0.379 e. The van der Waals surface area contributed by atoms with Crippen molar-refractivity contribution in [3.63, 3.8) is 0 Å². The van der Waals surface area contributed by atoms with Crippen LogP contribution in [-0.4, -0.2) is 61.1 Å². The van der Waals surface area contributed by atoms with Crippen molar-refractivity contribution in [3.8, 4) is 0 Å². The first-order chi connectivity index (χ1) is 11.7. The SMILES string of the molecule is O=C(Cc1cccc(F)c1)N1CCCCCC1CN1CCOCC1. The summed E-state index contributed by atoms with van der Waals surface area (Å²) in [4.78, 5) is 17.3. The first-order valence-electron chi connectivity index (χ1n) is 9.06. The number of rotatable bonds is 4. The highest BCUT2D eigenvalue weighted by Crippen LogP contribution is 2.20. The van der Waals surface area contributed by atoms with E-state index in [1.54, 1.807) is 6.07 Å². The van der Waals surface area contributed by atoms with Gasteiger partial charge in [-0.1, -0.05) is 25.0 Å². The van der Waals surface area contributed by atoms with Gasteiger partial charge in [-0.15, -0.1) is 0 Å². The molecular weight excluding hydrogens is 307 g/mol. The van der Waals surface area contributed by atoms with Gasteiger partial charge in [-0.2, -0.15) is 0 Å². The van der Waals surface area contributed by atoms with Crippen LogP contribution >= 0.6 is 0 Å². The van der Waals surface area contributed by atoms with E-state index in [2.05, 4.69) is 4.90 Å². The van der Waals surface area contributed by atoms with E-state index in [1.807, 2.05) is 11.0 Å². The van der Waals surface area contributed by atoms with Gasteiger partial charge in [0.15, 0.2) is 0 Å². The van der Waals surface area contributed by atoms with Gasteiger partial charge >= 0.3 is 0 Å². The van der Waals surface area contributed by atoms with Crippen LogP contribution in [-0.2, 0) is 16.0 Å². The third-order valence-corrected chi connectivity index (χ3v) is 5.01. The third kappa shape index (κ3) is 4.77. The molecule has 1 aromatic carbocycles. The second kappa shape index (κ2) is 8.58. The Hall–Kier alpha value is -1.46. The average Bonchev–Trinajstić information content (AvgIpc) is 2.81. The van der Waals surface area contributed by atoms with E-state index in [-0.39, 0.29) is 24.2 Å². The normalized spacial score (nSPS) is 23.0. The van der Waals surface area contributed by atoms with Gasteiger partial charge in [0.1, 0.15) is 5.82 Å². The maximum absolute atomic E-state index is 13.4. The Morgan fingerprint density at radius 3 is 2.79 bits per heavy atom. The number of halogens is 1. The lowest BCUT2D eigenvalue weighted by Gasteiger charge is -2.36. The van der Waals surface area contributed by atoms with Gasteiger partial charge in [-0.3, -0.25) is 9.69 Å². The molecule has 1 aromatic rings. The Kier molecular flexibility index (Phi) is 6.21. The second-order valence-corrected chi connectivity index (χ2v) is 6.81. The third-order valence-electron chi connectivity index (χ3n) is 5.01. The minimum absolute atomic E-state index is 0.126. The van der Waals surface area contributed by atoms with Crippen LogP contribution in [0.25, 0.3) is 0 Å². The van der Waals surface area contributed by atoms with E-state index >= 15 is 0 Å². The summed E-state index contributed by atoms with van der Waals surface area (Å²) in [5.41, 5.74) is 0.759. The van der Waals surface area contributed by atoms with Crippen LogP contribution in [0, 0.1) is 5.82 Å². The highest BCUT2D eigenvalue weighted by Gasteiger charge is 2.27. The van der Waals surface area contributed by atoms with Gasteiger partial charge in [-0.25, -0.2) is 4.39 Å². The molecular formula is C19H27FN2O2. The fourth-order valence-electron chi connectivity index (χ4n) is 3.70. The van der Waals surface area contributed by atoms with Gasteiger partial charge in [0, 0.05) is 32.2 Å². The molecule has 0 spiro atoms. The largest absolute Gasteiger partial charge is 0.379 e. The summed E-state index contributed by atoms with van der Waals surface area (Å²) in [7, 11) is 0. The van der Waals surface area contributed by atoms with Gasteiger partial charge < -0.3 is 9.64 Å². The van der Waals surface area contributed by atoms with E-state index in [1.165, 1.54) is 25.0 Å². The first-order valence-corrected chi connectivity index (χ1v) is 9.06. The van der Waals surface area contributed by atoms with Crippen molar-refractivity contribution < 1.29 is 13.9 Å². The van der Waals surface area contributed by atoms with E-state index in [4.69, 9.17) is 4.74 Å².